The Labute approximate surface area is 165 Å². The van der Waals surface area contributed by atoms with E-state index in [9.17, 15) is 18.0 Å². The second kappa shape index (κ2) is 9.38. The number of sulfonamides is 1. The van der Waals surface area contributed by atoms with Gasteiger partial charge < -0.3 is 5.21 Å². The highest BCUT2D eigenvalue weighted by atomic mass is 79.9. The number of aromatic nitrogens is 2. The van der Waals surface area contributed by atoms with Crippen LogP contribution in [0.25, 0.3) is 0 Å². The van der Waals surface area contributed by atoms with Crippen LogP contribution in [-0.2, 0) is 22.9 Å². The van der Waals surface area contributed by atoms with Gasteiger partial charge in [-0.1, -0.05) is 16.4 Å². The highest BCUT2D eigenvalue weighted by Gasteiger charge is 2.19. The number of oxime groups is 1. The van der Waals surface area contributed by atoms with E-state index in [1.54, 1.807) is 12.1 Å². The van der Waals surface area contributed by atoms with Gasteiger partial charge in [0, 0.05) is 20.5 Å². The van der Waals surface area contributed by atoms with Crippen molar-refractivity contribution >= 4 is 31.7 Å². The topological polar surface area (TPSA) is 109 Å². The maximum absolute atomic E-state index is 13.4. The maximum Gasteiger partial charge on any atom is 0.213 e. The van der Waals surface area contributed by atoms with Gasteiger partial charge >= 0.3 is 0 Å². The van der Waals surface area contributed by atoms with E-state index in [4.69, 9.17) is 4.63 Å². The zero-order chi connectivity index (χ0) is 20.0. The number of rotatable bonds is 9. The molecule has 1 aromatic carbocycles. The molecule has 8 nitrogen and oxygen atoms in total. The van der Waals surface area contributed by atoms with E-state index < -0.39 is 15.8 Å². The minimum Gasteiger partial charge on any atom is -0.411 e. The predicted molar refractivity (Wildman–Crippen MR) is 101 cm³/mol. The predicted octanol–water partition coefficient (Wildman–Crippen LogP) is 2.61. The van der Waals surface area contributed by atoms with Gasteiger partial charge in [0.05, 0.1) is 10.2 Å². The number of aryl methyl sites for hydroxylation is 1. The van der Waals surface area contributed by atoms with Crippen molar-refractivity contribution < 1.29 is 22.6 Å². The Morgan fingerprint density at radius 2 is 2.07 bits per heavy atom. The van der Waals surface area contributed by atoms with Gasteiger partial charge in [0.2, 0.25) is 10.0 Å². The lowest BCUT2D eigenvalue weighted by atomic mass is 10.0. The molecule has 0 bridgehead atoms. The molecule has 0 amide bonds. The molecule has 0 atom stereocenters. The lowest BCUT2D eigenvalue weighted by Gasteiger charge is -2.10. The van der Waals surface area contributed by atoms with Crippen molar-refractivity contribution in [1.82, 2.24) is 14.6 Å². The molecule has 0 aliphatic carbocycles. The fourth-order valence-electron chi connectivity index (χ4n) is 2.36. The van der Waals surface area contributed by atoms with E-state index in [0.29, 0.717) is 40.7 Å². The summed E-state index contributed by atoms with van der Waals surface area (Å²) in [4.78, 5) is 0. The van der Waals surface area contributed by atoms with Gasteiger partial charge in [-0.3, -0.25) is 0 Å². The highest BCUT2D eigenvalue weighted by molar-refractivity contribution is 9.10. The monoisotopic (exact) mass is 462 g/mol. The lowest BCUT2D eigenvalue weighted by Crippen LogP contribution is -2.25. The van der Waals surface area contributed by atoms with Crippen LogP contribution in [0.15, 0.2) is 32.5 Å². The zero-order valence-corrected chi connectivity index (χ0v) is 17.3. The summed E-state index contributed by atoms with van der Waals surface area (Å²) in [6, 6.07) is 4.46. The molecule has 1 N–H and O–H groups in total. The summed E-state index contributed by atoms with van der Waals surface area (Å²) in [6.45, 7) is 0. The third-order valence-corrected chi connectivity index (χ3v) is 6.45. The quantitative estimate of drug-likeness (QED) is 0.265. The van der Waals surface area contributed by atoms with Crippen molar-refractivity contribution in [1.29, 1.82) is 0 Å². The molecule has 0 aliphatic heterocycles. The van der Waals surface area contributed by atoms with E-state index in [0.717, 1.165) is 0 Å². The summed E-state index contributed by atoms with van der Waals surface area (Å²) in [7, 11) is -0.258. The van der Waals surface area contributed by atoms with Gasteiger partial charge in [-0.05, 0) is 58.0 Å². The standard InChI is InChI=1S/C16H20BrFN4O4S/c1-22(2)27(24,25)8-4-3-5-14-16(21-26-20-14)15(19-23)10-11-6-7-13(18)12(17)9-11/h6-7,9,23H,3-5,8,10H2,1-2H3/b19-15+. The summed E-state index contributed by atoms with van der Waals surface area (Å²) >= 11 is 3.11. The first-order valence-corrected chi connectivity index (χ1v) is 10.5. The van der Waals surface area contributed by atoms with Crippen molar-refractivity contribution in [3.8, 4) is 0 Å². The normalized spacial score (nSPS) is 12.7. The van der Waals surface area contributed by atoms with Crippen molar-refractivity contribution in [2.45, 2.75) is 25.7 Å². The first kappa shape index (κ1) is 21.5. The molecule has 0 radical (unpaired) electrons. The van der Waals surface area contributed by atoms with Crippen LogP contribution in [-0.4, -0.2) is 53.8 Å². The molecule has 2 aromatic rings. The maximum atomic E-state index is 13.4. The van der Waals surface area contributed by atoms with Crippen LogP contribution in [0.1, 0.15) is 29.8 Å². The number of benzene rings is 1. The third kappa shape index (κ3) is 5.81. The number of unbranched alkanes of at least 4 members (excludes halogenated alkanes) is 1. The second-order valence-corrected chi connectivity index (χ2v) is 9.24. The van der Waals surface area contributed by atoms with Crippen LogP contribution in [0.5, 0.6) is 0 Å². The molecule has 1 aromatic heterocycles. The molecule has 0 fully saturated rings. The Balaban J connectivity index is 2.02. The molecule has 2 rings (SSSR count). The Hall–Kier alpha value is -1.85. The molecular formula is C16H20BrFN4O4S. The number of hydrogen-bond donors (Lipinski definition) is 1. The molecular weight excluding hydrogens is 443 g/mol. The fraction of sp³-hybridized carbons (Fsp3) is 0.438. The molecule has 1 heterocycles. The molecule has 11 heteroatoms. The Morgan fingerprint density at radius 3 is 2.70 bits per heavy atom. The summed E-state index contributed by atoms with van der Waals surface area (Å²) < 4.78 is 43.1. The minimum atomic E-state index is -3.24. The van der Waals surface area contributed by atoms with E-state index in [2.05, 4.69) is 31.4 Å². The van der Waals surface area contributed by atoms with E-state index in [1.807, 2.05) is 0 Å². The van der Waals surface area contributed by atoms with E-state index in [-0.39, 0.29) is 17.9 Å². The van der Waals surface area contributed by atoms with Crippen LogP contribution in [0.2, 0.25) is 0 Å². The first-order chi connectivity index (χ1) is 12.7. The van der Waals surface area contributed by atoms with Gasteiger partial charge in [0.15, 0.2) is 5.69 Å². The second-order valence-electron chi connectivity index (χ2n) is 6.09. The van der Waals surface area contributed by atoms with Crippen LogP contribution >= 0.6 is 15.9 Å². The summed E-state index contributed by atoms with van der Waals surface area (Å²) in [5, 5.41) is 20.2. The number of nitrogens with zero attached hydrogens (tertiary/aromatic N) is 4. The largest absolute Gasteiger partial charge is 0.411 e. The van der Waals surface area contributed by atoms with Gasteiger partial charge in [0.25, 0.3) is 0 Å². The third-order valence-electron chi connectivity index (χ3n) is 3.93. The number of hydrogen-bond acceptors (Lipinski definition) is 7. The van der Waals surface area contributed by atoms with Crippen molar-refractivity contribution in [2.24, 2.45) is 5.16 Å². The lowest BCUT2D eigenvalue weighted by molar-refractivity contribution is 0.300. The average molecular weight is 463 g/mol. The van der Waals surface area contributed by atoms with Crippen LogP contribution < -0.4 is 0 Å². The van der Waals surface area contributed by atoms with E-state index in [1.165, 1.54) is 24.5 Å². The van der Waals surface area contributed by atoms with Gasteiger partial charge in [-0.15, -0.1) is 0 Å². The van der Waals surface area contributed by atoms with Gasteiger partial charge in [-0.25, -0.2) is 21.7 Å². The fourth-order valence-corrected chi connectivity index (χ4v) is 3.72. The van der Waals surface area contributed by atoms with Crippen LogP contribution in [0.3, 0.4) is 0 Å². The Kier molecular flexibility index (Phi) is 7.45. The van der Waals surface area contributed by atoms with Crippen molar-refractivity contribution in [2.75, 3.05) is 19.8 Å². The smallest absolute Gasteiger partial charge is 0.213 e. The van der Waals surface area contributed by atoms with E-state index >= 15 is 0 Å². The number of halogens is 2. The molecule has 0 saturated carbocycles. The zero-order valence-electron chi connectivity index (χ0n) is 14.9. The van der Waals surface area contributed by atoms with Crippen molar-refractivity contribution in [3.05, 3.63) is 45.4 Å². The SMILES string of the molecule is CN(C)S(=O)(=O)CCCCc1nonc1/C(Cc1ccc(F)c(Br)c1)=N/O. The van der Waals surface area contributed by atoms with Crippen LogP contribution in [0, 0.1) is 5.82 Å². The molecule has 0 spiro atoms. The molecule has 27 heavy (non-hydrogen) atoms. The first-order valence-electron chi connectivity index (χ1n) is 8.11. The van der Waals surface area contributed by atoms with Crippen molar-refractivity contribution in [3.63, 3.8) is 0 Å². The summed E-state index contributed by atoms with van der Waals surface area (Å²) in [5.74, 6) is -0.358. The Morgan fingerprint density at radius 1 is 1.33 bits per heavy atom. The molecule has 0 unspecified atom stereocenters. The van der Waals surface area contributed by atoms with Crippen LogP contribution in [0.4, 0.5) is 4.39 Å². The molecule has 148 valence electrons. The Bertz CT molecular complexity index is 915. The van der Waals surface area contributed by atoms with Gasteiger partial charge in [0.1, 0.15) is 17.2 Å². The average Bonchev–Trinajstić information content (AvgIpc) is 3.08. The summed E-state index contributed by atoms with van der Waals surface area (Å²) in [5.41, 5.74) is 1.72. The summed E-state index contributed by atoms with van der Waals surface area (Å²) in [6.07, 6.45) is 1.62. The molecule has 0 aliphatic rings. The van der Waals surface area contributed by atoms with Gasteiger partial charge in [-0.2, -0.15) is 0 Å². The molecule has 0 saturated heterocycles. The highest BCUT2D eigenvalue weighted by Crippen LogP contribution is 2.19. The minimum absolute atomic E-state index is 0.0329.